The number of rotatable bonds is 8. The van der Waals surface area contributed by atoms with Gasteiger partial charge in [-0.15, -0.1) is 10.2 Å². The van der Waals surface area contributed by atoms with E-state index in [4.69, 9.17) is 8.83 Å². The van der Waals surface area contributed by atoms with E-state index in [1.54, 1.807) is 0 Å². The second-order valence-electron chi connectivity index (χ2n) is 7.28. The molecule has 0 N–H and O–H groups in total. The molecule has 0 saturated heterocycles. The SMILES string of the molecule is CC(C)c1ccc(-c2nnc(SCCCn3c(=O)oc4ccc([N+](=O)[O-])cc43)o2)cc1. The van der Waals surface area contributed by atoms with E-state index in [0.717, 1.165) is 5.56 Å². The highest BCUT2D eigenvalue weighted by Gasteiger charge is 2.15. The van der Waals surface area contributed by atoms with Gasteiger partial charge in [0.25, 0.3) is 10.9 Å². The minimum Gasteiger partial charge on any atom is -0.411 e. The maximum absolute atomic E-state index is 12.1. The van der Waals surface area contributed by atoms with E-state index in [9.17, 15) is 14.9 Å². The fraction of sp³-hybridized carbons (Fsp3) is 0.286. The molecule has 9 nitrogen and oxygen atoms in total. The normalized spacial score (nSPS) is 11.5. The van der Waals surface area contributed by atoms with Gasteiger partial charge in [-0.05, 0) is 36.1 Å². The Morgan fingerprint density at radius 2 is 1.90 bits per heavy atom. The van der Waals surface area contributed by atoms with Gasteiger partial charge in [0.05, 0.1) is 10.4 Å². The average Bonchev–Trinajstić information content (AvgIpc) is 3.35. The molecule has 4 aromatic rings. The Morgan fingerprint density at radius 3 is 2.61 bits per heavy atom. The number of thioether (sulfide) groups is 1. The van der Waals surface area contributed by atoms with Crippen LogP contribution in [-0.4, -0.2) is 25.4 Å². The van der Waals surface area contributed by atoms with Crippen LogP contribution in [0.4, 0.5) is 5.69 Å². The lowest BCUT2D eigenvalue weighted by Gasteiger charge is -2.04. The lowest BCUT2D eigenvalue weighted by atomic mass is 10.0. The predicted octanol–water partition coefficient (Wildman–Crippen LogP) is 4.86. The van der Waals surface area contributed by atoms with Gasteiger partial charge in [-0.2, -0.15) is 0 Å². The third-order valence-corrected chi connectivity index (χ3v) is 5.75. The van der Waals surface area contributed by atoms with E-state index in [2.05, 4.69) is 24.0 Å². The summed E-state index contributed by atoms with van der Waals surface area (Å²) in [5.74, 6) is 1.00. The largest absolute Gasteiger partial charge is 0.419 e. The number of nitro groups is 1. The molecule has 0 atom stereocenters. The Bertz CT molecular complexity index is 1270. The van der Waals surface area contributed by atoms with Gasteiger partial charge in [-0.25, -0.2) is 4.79 Å². The fourth-order valence-corrected chi connectivity index (χ4v) is 3.84. The van der Waals surface area contributed by atoms with Crippen molar-refractivity contribution in [1.82, 2.24) is 14.8 Å². The molecular weight excluding hydrogens is 420 g/mol. The van der Waals surface area contributed by atoms with E-state index >= 15 is 0 Å². The summed E-state index contributed by atoms with van der Waals surface area (Å²) in [5, 5.41) is 19.6. The van der Waals surface area contributed by atoms with Crippen LogP contribution in [-0.2, 0) is 6.54 Å². The Kier molecular flexibility index (Phi) is 5.90. The minimum absolute atomic E-state index is 0.0868. The summed E-state index contributed by atoms with van der Waals surface area (Å²) in [4.78, 5) is 22.6. The first kappa shape index (κ1) is 20.9. The van der Waals surface area contributed by atoms with Crippen molar-refractivity contribution in [2.24, 2.45) is 0 Å². The molecule has 0 saturated carbocycles. The summed E-state index contributed by atoms with van der Waals surface area (Å²) >= 11 is 1.39. The van der Waals surface area contributed by atoms with Crippen LogP contribution in [0.5, 0.6) is 0 Å². The van der Waals surface area contributed by atoms with Crippen LogP contribution >= 0.6 is 11.8 Å². The lowest BCUT2D eigenvalue weighted by molar-refractivity contribution is -0.384. The predicted molar refractivity (Wildman–Crippen MR) is 116 cm³/mol. The van der Waals surface area contributed by atoms with Gasteiger partial charge in [0.15, 0.2) is 5.58 Å². The lowest BCUT2D eigenvalue weighted by Crippen LogP contribution is -2.14. The Morgan fingerprint density at radius 1 is 1.13 bits per heavy atom. The van der Waals surface area contributed by atoms with E-state index < -0.39 is 10.7 Å². The molecule has 160 valence electrons. The molecule has 0 amide bonds. The molecule has 0 radical (unpaired) electrons. The van der Waals surface area contributed by atoms with Gasteiger partial charge in [0.1, 0.15) is 0 Å². The van der Waals surface area contributed by atoms with Crippen LogP contribution in [0.15, 0.2) is 61.3 Å². The van der Waals surface area contributed by atoms with E-state index in [1.165, 1.54) is 40.1 Å². The topological polar surface area (TPSA) is 117 Å². The van der Waals surface area contributed by atoms with E-state index in [1.807, 2.05) is 24.3 Å². The van der Waals surface area contributed by atoms with Gasteiger partial charge < -0.3 is 8.83 Å². The zero-order valence-electron chi connectivity index (χ0n) is 17.0. The monoisotopic (exact) mass is 440 g/mol. The fourth-order valence-electron chi connectivity index (χ4n) is 3.15. The summed E-state index contributed by atoms with van der Waals surface area (Å²) in [5.41, 5.74) is 2.76. The van der Waals surface area contributed by atoms with Gasteiger partial charge in [0.2, 0.25) is 5.89 Å². The van der Waals surface area contributed by atoms with Crippen LogP contribution in [0.3, 0.4) is 0 Å². The van der Waals surface area contributed by atoms with Gasteiger partial charge in [-0.1, -0.05) is 37.7 Å². The van der Waals surface area contributed by atoms with Crippen LogP contribution in [0.25, 0.3) is 22.6 Å². The third-order valence-electron chi connectivity index (χ3n) is 4.84. The first-order chi connectivity index (χ1) is 14.9. The molecule has 0 spiro atoms. The molecule has 0 unspecified atom stereocenters. The van der Waals surface area contributed by atoms with Crippen molar-refractivity contribution < 1.29 is 13.8 Å². The highest BCUT2D eigenvalue weighted by atomic mass is 32.2. The Balaban J connectivity index is 1.37. The molecule has 2 aromatic heterocycles. The molecule has 0 aliphatic carbocycles. The molecule has 0 aliphatic rings. The number of hydrogen-bond acceptors (Lipinski definition) is 8. The summed E-state index contributed by atoms with van der Waals surface area (Å²) in [6.45, 7) is 4.63. The van der Waals surface area contributed by atoms with Crippen LogP contribution in [0.1, 0.15) is 31.7 Å². The van der Waals surface area contributed by atoms with Gasteiger partial charge in [0, 0.05) is 30.0 Å². The van der Waals surface area contributed by atoms with E-state index in [-0.39, 0.29) is 5.69 Å². The molecule has 4 rings (SSSR count). The molecule has 10 heteroatoms. The summed E-state index contributed by atoms with van der Waals surface area (Å²) in [6.07, 6.45) is 0.614. The maximum Gasteiger partial charge on any atom is 0.419 e. The van der Waals surface area contributed by atoms with Crippen LogP contribution in [0, 0.1) is 10.1 Å². The molecule has 31 heavy (non-hydrogen) atoms. The number of fused-ring (bicyclic) bond motifs is 1. The summed E-state index contributed by atoms with van der Waals surface area (Å²) < 4.78 is 12.3. The second kappa shape index (κ2) is 8.76. The number of nitrogens with zero attached hydrogens (tertiary/aromatic N) is 4. The standard InChI is InChI=1S/C21H20N4O5S/c1-13(2)14-4-6-15(7-5-14)19-22-23-20(30-19)31-11-3-10-24-17-12-16(25(27)28)8-9-18(17)29-21(24)26/h4-9,12-13H,3,10-11H2,1-2H3. The highest BCUT2D eigenvalue weighted by molar-refractivity contribution is 7.99. The Labute approximate surface area is 181 Å². The van der Waals surface area contributed by atoms with Crippen LogP contribution < -0.4 is 5.76 Å². The number of oxazole rings is 1. The zero-order valence-corrected chi connectivity index (χ0v) is 17.8. The molecule has 2 aromatic carbocycles. The summed E-state index contributed by atoms with van der Waals surface area (Å²) in [6, 6.07) is 12.1. The van der Waals surface area contributed by atoms with Gasteiger partial charge in [-0.3, -0.25) is 14.7 Å². The number of non-ortho nitro benzene ring substituents is 1. The first-order valence-electron chi connectivity index (χ1n) is 9.77. The minimum atomic E-state index is -0.537. The van der Waals surface area contributed by atoms with Crippen molar-refractivity contribution in [3.8, 4) is 11.5 Å². The van der Waals surface area contributed by atoms with Crippen molar-refractivity contribution >= 4 is 28.5 Å². The Hall–Kier alpha value is -3.40. The number of aryl methyl sites for hydroxylation is 1. The zero-order chi connectivity index (χ0) is 22.0. The molecule has 2 heterocycles. The highest BCUT2D eigenvalue weighted by Crippen LogP contribution is 2.26. The molecule has 0 fully saturated rings. The number of nitro benzene ring substituents is 1. The maximum atomic E-state index is 12.1. The second-order valence-corrected chi connectivity index (χ2v) is 8.33. The number of hydrogen-bond donors (Lipinski definition) is 0. The smallest absolute Gasteiger partial charge is 0.411 e. The third kappa shape index (κ3) is 4.53. The van der Waals surface area contributed by atoms with Crippen molar-refractivity contribution in [2.75, 3.05) is 5.75 Å². The van der Waals surface area contributed by atoms with Crippen LogP contribution in [0.2, 0.25) is 0 Å². The number of aromatic nitrogens is 3. The van der Waals surface area contributed by atoms with Crippen molar-refractivity contribution in [3.05, 3.63) is 68.7 Å². The molecule has 0 bridgehead atoms. The summed E-state index contributed by atoms with van der Waals surface area (Å²) in [7, 11) is 0. The number of benzene rings is 2. The first-order valence-corrected chi connectivity index (χ1v) is 10.8. The van der Waals surface area contributed by atoms with Crippen molar-refractivity contribution in [2.45, 2.75) is 38.0 Å². The van der Waals surface area contributed by atoms with Crippen molar-refractivity contribution in [1.29, 1.82) is 0 Å². The molecular formula is C21H20N4O5S. The van der Waals surface area contributed by atoms with Gasteiger partial charge >= 0.3 is 5.76 Å². The quantitative estimate of drug-likeness (QED) is 0.165. The van der Waals surface area contributed by atoms with Crippen molar-refractivity contribution in [3.63, 3.8) is 0 Å². The van der Waals surface area contributed by atoms with E-state index in [0.29, 0.717) is 46.8 Å². The molecule has 0 aliphatic heterocycles. The average molecular weight is 440 g/mol.